The molecule has 0 bridgehead atoms. The summed E-state index contributed by atoms with van der Waals surface area (Å²) in [7, 11) is 0. The molecule has 0 spiro atoms. The van der Waals surface area contributed by atoms with Gasteiger partial charge >= 0.3 is 0 Å². The van der Waals surface area contributed by atoms with Gasteiger partial charge in [-0.15, -0.1) is 0 Å². The van der Waals surface area contributed by atoms with E-state index >= 15 is 0 Å². The molecule has 0 fully saturated rings. The third kappa shape index (κ3) is 2.24. The normalized spacial score (nSPS) is 16.8. The average Bonchev–Trinajstić information content (AvgIpc) is 2.93. The number of imidazole rings is 1. The lowest BCUT2D eigenvalue weighted by molar-refractivity contribution is 0.184. The summed E-state index contributed by atoms with van der Waals surface area (Å²) in [5.74, 6) is 0.985. The van der Waals surface area contributed by atoms with Crippen molar-refractivity contribution in [1.82, 2.24) is 14.5 Å². The Morgan fingerprint density at radius 2 is 1.81 bits per heavy atom. The number of benzene rings is 2. The van der Waals surface area contributed by atoms with Crippen molar-refractivity contribution in [2.24, 2.45) is 0 Å². The first kappa shape index (κ1) is 12.9. The van der Waals surface area contributed by atoms with Crippen LogP contribution in [0.1, 0.15) is 18.5 Å². The summed E-state index contributed by atoms with van der Waals surface area (Å²) in [5, 5.41) is 1.13. The molecule has 0 saturated heterocycles. The smallest absolute Gasteiger partial charge is 0.171 e. The fraction of sp³-hybridized carbons (Fsp3) is 0.235. The summed E-state index contributed by atoms with van der Waals surface area (Å²) < 4.78 is 2.32. The van der Waals surface area contributed by atoms with E-state index in [4.69, 9.17) is 4.98 Å². The molecule has 2 heterocycles. The molecule has 2 aromatic carbocycles. The molecule has 0 saturated carbocycles. The maximum Gasteiger partial charge on any atom is 0.171 e. The number of aromatic nitrogens is 2. The zero-order valence-corrected chi connectivity index (χ0v) is 12.8. The van der Waals surface area contributed by atoms with Crippen molar-refractivity contribution < 1.29 is 0 Å². The second-order valence-electron chi connectivity index (χ2n) is 5.40. The summed E-state index contributed by atoms with van der Waals surface area (Å²) >= 11 is 1.82. The van der Waals surface area contributed by atoms with Gasteiger partial charge in [0.2, 0.25) is 0 Å². The van der Waals surface area contributed by atoms with Crippen molar-refractivity contribution in [1.29, 1.82) is 0 Å². The summed E-state index contributed by atoms with van der Waals surface area (Å²) in [6, 6.07) is 19.5. The van der Waals surface area contributed by atoms with E-state index in [0.29, 0.717) is 6.04 Å². The van der Waals surface area contributed by atoms with Crippen molar-refractivity contribution >= 4 is 22.8 Å². The summed E-state index contributed by atoms with van der Waals surface area (Å²) in [4.78, 5) is 7.21. The monoisotopic (exact) mass is 295 g/mol. The molecule has 0 aliphatic carbocycles. The van der Waals surface area contributed by atoms with E-state index in [0.717, 1.165) is 23.2 Å². The molecule has 1 aliphatic rings. The summed E-state index contributed by atoms with van der Waals surface area (Å²) in [6.07, 6.45) is 0. The van der Waals surface area contributed by atoms with Crippen LogP contribution in [-0.2, 0) is 6.67 Å². The lowest BCUT2D eigenvalue weighted by Gasteiger charge is -2.33. The quantitative estimate of drug-likeness (QED) is 0.709. The molecule has 1 atom stereocenters. The third-order valence-corrected chi connectivity index (χ3v) is 5.16. The molecule has 0 N–H and O–H groups in total. The SMILES string of the molecule is CC(c1ccccc1)N1CSc2nc3ccccc3n2C1. The Morgan fingerprint density at radius 1 is 1.05 bits per heavy atom. The molecule has 1 unspecified atom stereocenters. The van der Waals surface area contributed by atoms with Crippen LogP contribution in [0.4, 0.5) is 0 Å². The van der Waals surface area contributed by atoms with Crippen molar-refractivity contribution in [3.8, 4) is 0 Å². The van der Waals surface area contributed by atoms with Gasteiger partial charge in [0.15, 0.2) is 5.16 Å². The van der Waals surface area contributed by atoms with Crippen molar-refractivity contribution in [2.75, 3.05) is 5.88 Å². The van der Waals surface area contributed by atoms with E-state index in [1.807, 2.05) is 11.8 Å². The minimum atomic E-state index is 0.410. The molecule has 0 radical (unpaired) electrons. The van der Waals surface area contributed by atoms with Gasteiger partial charge in [-0.2, -0.15) is 0 Å². The molecule has 106 valence electrons. The molecule has 21 heavy (non-hydrogen) atoms. The van der Waals surface area contributed by atoms with Gasteiger partial charge in [0.25, 0.3) is 0 Å². The number of para-hydroxylation sites is 2. The first-order valence-electron chi connectivity index (χ1n) is 7.20. The number of hydrogen-bond donors (Lipinski definition) is 0. The van der Waals surface area contributed by atoms with Gasteiger partial charge < -0.3 is 4.57 Å². The lowest BCUT2D eigenvalue weighted by Crippen LogP contribution is -2.32. The molecule has 0 amide bonds. The van der Waals surface area contributed by atoms with Gasteiger partial charge in [0, 0.05) is 6.04 Å². The highest BCUT2D eigenvalue weighted by Crippen LogP contribution is 2.33. The Hall–Kier alpha value is -1.78. The Balaban J connectivity index is 1.67. The summed E-state index contributed by atoms with van der Waals surface area (Å²) in [5.41, 5.74) is 3.69. The van der Waals surface area contributed by atoms with E-state index < -0.39 is 0 Å². The lowest BCUT2D eigenvalue weighted by atomic mass is 10.1. The fourth-order valence-corrected chi connectivity index (χ4v) is 3.90. The van der Waals surface area contributed by atoms with Crippen LogP contribution in [0.2, 0.25) is 0 Å². The van der Waals surface area contributed by atoms with Gasteiger partial charge in [0.1, 0.15) is 0 Å². The highest BCUT2D eigenvalue weighted by molar-refractivity contribution is 7.99. The second kappa shape index (κ2) is 5.20. The van der Waals surface area contributed by atoms with E-state index in [9.17, 15) is 0 Å². The predicted octanol–water partition coefficient (Wildman–Crippen LogP) is 4.12. The first-order chi connectivity index (χ1) is 10.3. The zero-order chi connectivity index (χ0) is 14.2. The number of hydrogen-bond acceptors (Lipinski definition) is 3. The topological polar surface area (TPSA) is 21.1 Å². The molecule has 1 aromatic heterocycles. The van der Waals surface area contributed by atoms with Crippen LogP contribution in [-0.4, -0.2) is 20.3 Å². The highest BCUT2D eigenvalue weighted by Gasteiger charge is 2.24. The van der Waals surface area contributed by atoms with E-state index in [1.54, 1.807) is 0 Å². The predicted molar refractivity (Wildman–Crippen MR) is 87.2 cm³/mol. The maximum absolute atomic E-state index is 4.72. The Kier molecular flexibility index (Phi) is 3.20. The van der Waals surface area contributed by atoms with Crippen LogP contribution < -0.4 is 0 Å². The van der Waals surface area contributed by atoms with Crippen LogP contribution in [0.25, 0.3) is 11.0 Å². The van der Waals surface area contributed by atoms with Crippen LogP contribution in [0.15, 0.2) is 59.8 Å². The van der Waals surface area contributed by atoms with Crippen molar-refractivity contribution in [2.45, 2.75) is 24.8 Å². The number of rotatable bonds is 2. The maximum atomic E-state index is 4.72. The van der Waals surface area contributed by atoms with Gasteiger partial charge in [-0.05, 0) is 24.6 Å². The molecule has 3 nitrogen and oxygen atoms in total. The number of thioether (sulfide) groups is 1. The minimum Gasteiger partial charge on any atom is -0.305 e. The Labute approximate surface area is 128 Å². The molecule has 1 aliphatic heterocycles. The molecular formula is C17H17N3S. The van der Waals surface area contributed by atoms with Gasteiger partial charge in [0.05, 0.1) is 23.6 Å². The van der Waals surface area contributed by atoms with Crippen LogP contribution in [0.5, 0.6) is 0 Å². The largest absolute Gasteiger partial charge is 0.305 e. The van der Waals surface area contributed by atoms with Gasteiger partial charge in [-0.3, -0.25) is 4.90 Å². The first-order valence-corrected chi connectivity index (χ1v) is 8.18. The number of fused-ring (bicyclic) bond motifs is 3. The minimum absolute atomic E-state index is 0.410. The van der Waals surface area contributed by atoms with E-state index in [2.05, 4.69) is 71.0 Å². The van der Waals surface area contributed by atoms with Crippen molar-refractivity contribution in [3.63, 3.8) is 0 Å². The van der Waals surface area contributed by atoms with E-state index in [1.165, 1.54) is 11.1 Å². The van der Waals surface area contributed by atoms with Crippen LogP contribution in [0.3, 0.4) is 0 Å². The van der Waals surface area contributed by atoms with Gasteiger partial charge in [-0.25, -0.2) is 4.98 Å². The van der Waals surface area contributed by atoms with Gasteiger partial charge in [-0.1, -0.05) is 54.2 Å². The van der Waals surface area contributed by atoms with Crippen LogP contribution in [0, 0.1) is 0 Å². The third-order valence-electron chi connectivity index (χ3n) is 4.13. The average molecular weight is 295 g/mol. The molecular weight excluding hydrogens is 278 g/mol. The summed E-state index contributed by atoms with van der Waals surface area (Å²) in [6.45, 7) is 3.18. The zero-order valence-electron chi connectivity index (χ0n) is 11.9. The van der Waals surface area contributed by atoms with Crippen molar-refractivity contribution in [3.05, 3.63) is 60.2 Å². The second-order valence-corrected chi connectivity index (χ2v) is 6.31. The number of nitrogens with zero attached hydrogens (tertiary/aromatic N) is 3. The molecule has 4 heteroatoms. The molecule has 3 aromatic rings. The Morgan fingerprint density at radius 3 is 2.67 bits per heavy atom. The van der Waals surface area contributed by atoms with E-state index in [-0.39, 0.29) is 0 Å². The molecule has 4 rings (SSSR count). The fourth-order valence-electron chi connectivity index (χ4n) is 2.84. The Bertz CT molecular complexity index is 766. The highest BCUT2D eigenvalue weighted by atomic mass is 32.2. The standard InChI is InChI=1S/C17H17N3S/c1-13(14-7-3-2-4-8-14)19-11-20-16-10-6-5-9-15(16)18-17(20)21-12-19/h2-10,13H,11-12H2,1H3. The van der Waals surface area contributed by atoms with Crippen LogP contribution >= 0.6 is 11.8 Å².